The molecule has 0 heterocycles. The zero-order valence-electron chi connectivity index (χ0n) is 20.3. The number of hydrogen-bond donors (Lipinski definition) is 0. The Morgan fingerprint density at radius 1 is 0.419 bits per heavy atom. The van der Waals surface area contributed by atoms with Gasteiger partial charge >= 0.3 is 199 Å². The molecule has 0 aliphatic carbocycles. The topological polar surface area (TPSA) is 0 Å². The van der Waals surface area contributed by atoms with Gasteiger partial charge in [-0.2, -0.15) is 0 Å². The quantitative estimate of drug-likeness (QED) is 0.249. The molecule has 0 saturated carbocycles. The van der Waals surface area contributed by atoms with Crippen LogP contribution >= 0.6 is 0 Å². The first kappa shape index (κ1) is 24.1. The van der Waals surface area contributed by atoms with Crippen molar-refractivity contribution in [1.82, 2.24) is 0 Å². The van der Waals surface area contributed by atoms with E-state index < -0.39 is 19.8 Å². The molecule has 0 nitrogen and oxygen atoms in total. The Balaban J connectivity index is 1.99. The fourth-order valence-electron chi connectivity index (χ4n) is 6.33. The summed E-state index contributed by atoms with van der Waals surface area (Å²) < 4.78 is 1.04. The molecule has 0 atom stereocenters. The van der Waals surface area contributed by atoms with E-state index in [1.807, 2.05) is 0 Å². The standard InChI is InChI=1S/3C10H13.Sn/c3*1-9(2)8-10-6-4-3-5-7-10;/h3*3-7H,8H2,1-2H3;. The summed E-state index contributed by atoms with van der Waals surface area (Å²) in [5.41, 5.74) is 4.45. The van der Waals surface area contributed by atoms with Crippen molar-refractivity contribution in [2.75, 3.05) is 0 Å². The predicted molar refractivity (Wildman–Crippen MR) is 138 cm³/mol. The summed E-state index contributed by atoms with van der Waals surface area (Å²) in [5, 5.41) is 0. The Bertz CT molecular complexity index is 797. The van der Waals surface area contributed by atoms with Gasteiger partial charge in [-0.25, -0.2) is 0 Å². The van der Waals surface area contributed by atoms with Crippen molar-refractivity contribution < 1.29 is 0 Å². The molecule has 1 radical (unpaired) electrons. The zero-order chi connectivity index (χ0) is 22.5. The van der Waals surface area contributed by atoms with Crippen LogP contribution in [0.25, 0.3) is 0 Å². The van der Waals surface area contributed by atoms with Gasteiger partial charge in [-0.15, -0.1) is 0 Å². The molecule has 0 saturated heterocycles. The Morgan fingerprint density at radius 3 is 0.871 bits per heavy atom. The van der Waals surface area contributed by atoms with Crippen LogP contribution in [-0.2, 0) is 19.3 Å². The van der Waals surface area contributed by atoms with Gasteiger partial charge in [0.1, 0.15) is 0 Å². The third-order valence-corrected chi connectivity index (χ3v) is 19.6. The van der Waals surface area contributed by atoms with E-state index in [0.717, 1.165) is 0 Å². The maximum absolute atomic E-state index is 2.58. The molecule has 1 heteroatoms. The van der Waals surface area contributed by atoms with Gasteiger partial charge in [0.2, 0.25) is 0 Å². The Hall–Kier alpha value is -1.54. The van der Waals surface area contributed by atoms with E-state index in [4.69, 9.17) is 0 Å². The summed E-state index contributed by atoms with van der Waals surface area (Å²) in [6, 6.07) is 33.5. The average Bonchev–Trinajstić information content (AvgIpc) is 2.68. The van der Waals surface area contributed by atoms with Gasteiger partial charge < -0.3 is 0 Å². The molecule has 0 fully saturated rings. The van der Waals surface area contributed by atoms with Gasteiger partial charge in [0, 0.05) is 0 Å². The molecule has 0 spiro atoms. The van der Waals surface area contributed by atoms with E-state index in [2.05, 4.69) is 133 Å². The van der Waals surface area contributed by atoms with E-state index in [-0.39, 0.29) is 0 Å². The molecule has 0 aliphatic heterocycles. The van der Waals surface area contributed by atoms with E-state index in [1.165, 1.54) is 36.0 Å². The second-order valence-corrected chi connectivity index (χ2v) is 24.7. The van der Waals surface area contributed by atoms with Gasteiger partial charge in [0.15, 0.2) is 0 Å². The molecule has 0 amide bonds. The summed E-state index contributed by atoms with van der Waals surface area (Å²) >= 11 is -2.16. The normalized spacial score (nSPS) is 12.9. The monoisotopic (exact) mass is 519 g/mol. The minimum atomic E-state index is -2.16. The van der Waals surface area contributed by atoms with E-state index in [0.29, 0.717) is 10.3 Å². The molecule has 0 aromatic heterocycles. The SMILES string of the molecule is C[C](C)(Cc1ccccc1)[Sn]([C](C)(C)Cc1ccccc1)[C](C)(C)Cc1ccccc1. The minimum absolute atomic E-state index is 0.347. The van der Waals surface area contributed by atoms with Crippen LogP contribution in [0.3, 0.4) is 0 Å². The molecule has 3 aromatic rings. The van der Waals surface area contributed by atoms with Crippen LogP contribution in [0.4, 0.5) is 0 Å². The number of benzene rings is 3. The fourth-order valence-corrected chi connectivity index (χ4v) is 25.3. The number of hydrogen-bond acceptors (Lipinski definition) is 0. The van der Waals surface area contributed by atoms with E-state index in [9.17, 15) is 0 Å². The second kappa shape index (κ2) is 9.94. The zero-order valence-corrected chi connectivity index (χ0v) is 23.1. The first-order valence-corrected chi connectivity index (χ1v) is 15.9. The molecule has 3 rings (SSSR count). The van der Waals surface area contributed by atoms with Crippen molar-refractivity contribution in [2.45, 2.75) is 71.1 Å². The average molecular weight is 518 g/mol. The molecule has 0 N–H and O–H groups in total. The van der Waals surface area contributed by atoms with Gasteiger partial charge in [0.05, 0.1) is 0 Å². The molecular weight excluding hydrogens is 479 g/mol. The molecule has 0 bridgehead atoms. The Morgan fingerprint density at radius 2 is 0.645 bits per heavy atom. The van der Waals surface area contributed by atoms with Crippen LogP contribution in [0.2, 0.25) is 10.3 Å². The number of rotatable bonds is 9. The van der Waals surface area contributed by atoms with Crippen LogP contribution in [0, 0.1) is 0 Å². The molecule has 0 unspecified atom stereocenters. The van der Waals surface area contributed by atoms with Crippen LogP contribution in [0.15, 0.2) is 91.0 Å². The van der Waals surface area contributed by atoms with Crippen LogP contribution in [0.1, 0.15) is 58.2 Å². The second-order valence-electron chi connectivity index (χ2n) is 11.0. The molecule has 163 valence electrons. The molecule has 0 aliphatic rings. The Labute approximate surface area is 197 Å². The first-order valence-electron chi connectivity index (χ1n) is 11.6. The third-order valence-electron chi connectivity index (χ3n) is 6.50. The van der Waals surface area contributed by atoms with Crippen LogP contribution in [0.5, 0.6) is 0 Å². The van der Waals surface area contributed by atoms with Crippen molar-refractivity contribution in [2.24, 2.45) is 0 Å². The van der Waals surface area contributed by atoms with Crippen molar-refractivity contribution in [3.8, 4) is 0 Å². The van der Waals surface area contributed by atoms with Crippen molar-refractivity contribution >= 4 is 19.8 Å². The third kappa shape index (κ3) is 6.48. The van der Waals surface area contributed by atoms with Gasteiger partial charge in [-0.3, -0.25) is 0 Å². The molecule has 31 heavy (non-hydrogen) atoms. The van der Waals surface area contributed by atoms with Crippen LogP contribution in [-0.4, -0.2) is 19.8 Å². The predicted octanol–water partition coefficient (Wildman–Crippen LogP) is 8.55. The van der Waals surface area contributed by atoms with Gasteiger partial charge in [-0.1, -0.05) is 0 Å². The molecular formula is C30H39Sn. The van der Waals surface area contributed by atoms with Gasteiger partial charge in [0.25, 0.3) is 0 Å². The molecule has 3 aromatic carbocycles. The summed E-state index contributed by atoms with van der Waals surface area (Å²) in [4.78, 5) is 0. The van der Waals surface area contributed by atoms with E-state index >= 15 is 0 Å². The first-order chi connectivity index (χ1) is 14.6. The van der Waals surface area contributed by atoms with Crippen molar-refractivity contribution in [3.05, 3.63) is 108 Å². The van der Waals surface area contributed by atoms with Crippen molar-refractivity contribution in [1.29, 1.82) is 0 Å². The summed E-state index contributed by atoms with van der Waals surface area (Å²) in [5.74, 6) is 0. The van der Waals surface area contributed by atoms with Crippen LogP contribution < -0.4 is 0 Å². The summed E-state index contributed by atoms with van der Waals surface area (Å²) in [6.45, 7) is 15.5. The summed E-state index contributed by atoms with van der Waals surface area (Å²) in [6.07, 6.45) is 3.54. The van der Waals surface area contributed by atoms with Crippen molar-refractivity contribution in [3.63, 3.8) is 0 Å². The Kier molecular flexibility index (Phi) is 7.73. The summed E-state index contributed by atoms with van der Waals surface area (Å²) in [7, 11) is 0. The fraction of sp³-hybridized carbons (Fsp3) is 0.400. The van der Waals surface area contributed by atoms with Gasteiger partial charge in [-0.05, 0) is 0 Å². The van der Waals surface area contributed by atoms with E-state index in [1.54, 1.807) is 0 Å². The maximum atomic E-state index is 2.58.